The predicted octanol–water partition coefficient (Wildman–Crippen LogP) is 5.87. The summed E-state index contributed by atoms with van der Waals surface area (Å²) < 4.78 is 36.7. The molecular formula is C15H13ClF3NS. The van der Waals surface area contributed by atoms with Crippen LogP contribution in [0, 0.1) is 6.92 Å². The van der Waals surface area contributed by atoms with E-state index >= 15 is 0 Å². The Morgan fingerprint density at radius 2 is 1.76 bits per heavy atom. The van der Waals surface area contributed by atoms with Gasteiger partial charge >= 0.3 is 5.51 Å². The number of aryl methyl sites for hydroxylation is 1. The largest absolute Gasteiger partial charge is 0.446 e. The molecule has 0 saturated heterocycles. The molecule has 0 aromatic heterocycles. The van der Waals surface area contributed by atoms with Crippen LogP contribution in [-0.2, 0) is 6.54 Å². The van der Waals surface area contributed by atoms with Gasteiger partial charge in [0.2, 0.25) is 0 Å². The van der Waals surface area contributed by atoms with E-state index < -0.39 is 5.51 Å². The maximum absolute atomic E-state index is 12.2. The quantitative estimate of drug-likeness (QED) is 0.703. The number of hydrogen-bond acceptors (Lipinski definition) is 2. The molecule has 0 heterocycles. The number of rotatable bonds is 4. The number of thioether (sulfide) groups is 1. The summed E-state index contributed by atoms with van der Waals surface area (Å²) in [4.78, 5) is 0.185. The Balaban J connectivity index is 1.96. The third-order valence-electron chi connectivity index (χ3n) is 2.83. The van der Waals surface area contributed by atoms with Crippen molar-refractivity contribution in [3.8, 4) is 0 Å². The zero-order chi connectivity index (χ0) is 15.5. The highest BCUT2D eigenvalue weighted by Crippen LogP contribution is 2.36. The molecule has 0 saturated carbocycles. The molecule has 0 amide bonds. The number of alkyl halides is 3. The number of halogens is 4. The third-order valence-corrected chi connectivity index (χ3v) is 3.97. The Hall–Kier alpha value is -1.33. The van der Waals surface area contributed by atoms with Gasteiger partial charge < -0.3 is 5.32 Å². The lowest BCUT2D eigenvalue weighted by Gasteiger charge is -2.09. The number of nitrogens with one attached hydrogen (secondary N) is 1. The molecule has 0 spiro atoms. The first-order valence-electron chi connectivity index (χ1n) is 6.18. The van der Waals surface area contributed by atoms with Crippen LogP contribution in [-0.4, -0.2) is 5.51 Å². The van der Waals surface area contributed by atoms with Crippen LogP contribution < -0.4 is 5.32 Å². The van der Waals surface area contributed by atoms with E-state index in [1.54, 1.807) is 12.1 Å². The molecule has 112 valence electrons. The van der Waals surface area contributed by atoms with E-state index in [9.17, 15) is 13.2 Å². The molecule has 2 aromatic carbocycles. The van der Waals surface area contributed by atoms with E-state index in [-0.39, 0.29) is 16.7 Å². The van der Waals surface area contributed by atoms with Crippen LogP contribution in [0.25, 0.3) is 0 Å². The number of benzene rings is 2. The lowest BCUT2D eigenvalue weighted by molar-refractivity contribution is -0.0328. The van der Waals surface area contributed by atoms with Crippen molar-refractivity contribution in [2.75, 3.05) is 5.32 Å². The Labute approximate surface area is 130 Å². The SMILES string of the molecule is Cc1ccc(NCc2ccc(SC(F)(F)F)cc2)cc1Cl. The van der Waals surface area contributed by atoms with E-state index in [1.165, 1.54) is 12.1 Å². The van der Waals surface area contributed by atoms with Crippen molar-refractivity contribution >= 4 is 29.1 Å². The van der Waals surface area contributed by atoms with Gasteiger partial charge in [-0.1, -0.05) is 29.8 Å². The van der Waals surface area contributed by atoms with Gasteiger partial charge in [-0.3, -0.25) is 0 Å². The van der Waals surface area contributed by atoms with E-state index in [1.807, 2.05) is 25.1 Å². The molecule has 2 aromatic rings. The van der Waals surface area contributed by atoms with E-state index in [2.05, 4.69) is 5.32 Å². The van der Waals surface area contributed by atoms with Gasteiger partial charge in [-0.05, 0) is 54.1 Å². The number of hydrogen-bond donors (Lipinski definition) is 1. The van der Waals surface area contributed by atoms with Crippen LogP contribution in [0.5, 0.6) is 0 Å². The standard InChI is InChI=1S/C15H13ClF3NS/c1-10-2-5-12(8-14(10)16)20-9-11-3-6-13(7-4-11)21-15(17,18)19/h2-8,20H,9H2,1H3. The van der Waals surface area contributed by atoms with Crippen molar-refractivity contribution in [1.29, 1.82) is 0 Å². The second-order valence-electron chi connectivity index (χ2n) is 4.51. The molecule has 0 aliphatic heterocycles. The fraction of sp³-hybridized carbons (Fsp3) is 0.200. The van der Waals surface area contributed by atoms with E-state index in [0.29, 0.717) is 11.6 Å². The second-order valence-corrected chi connectivity index (χ2v) is 6.05. The molecule has 0 aliphatic carbocycles. The fourth-order valence-corrected chi connectivity index (χ4v) is 2.44. The molecule has 0 atom stereocenters. The average Bonchev–Trinajstić information content (AvgIpc) is 2.40. The van der Waals surface area contributed by atoms with Crippen LogP contribution in [0.1, 0.15) is 11.1 Å². The highest BCUT2D eigenvalue weighted by molar-refractivity contribution is 8.00. The van der Waals surface area contributed by atoms with Gasteiger partial charge in [0.15, 0.2) is 0 Å². The maximum atomic E-state index is 12.2. The molecule has 21 heavy (non-hydrogen) atoms. The van der Waals surface area contributed by atoms with Crippen LogP contribution >= 0.6 is 23.4 Å². The molecule has 0 fully saturated rings. The molecular weight excluding hydrogens is 319 g/mol. The Morgan fingerprint density at radius 1 is 1.10 bits per heavy atom. The lowest BCUT2D eigenvalue weighted by Crippen LogP contribution is -2.01. The Kier molecular flexibility index (Phi) is 5.06. The maximum Gasteiger partial charge on any atom is 0.446 e. The molecule has 2 rings (SSSR count). The van der Waals surface area contributed by atoms with Crippen molar-refractivity contribution in [3.05, 3.63) is 58.6 Å². The summed E-state index contributed by atoms with van der Waals surface area (Å²) in [5.41, 5.74) is -1.48. The van der Waals surface area contributed by atoms with Crippen LogP contribution in [0.2, 0.25) is 5.02 Å². The molecule has 0 bridgehead atoms. The summed E-state index contributed by atoms with van der Waals surface area (Å²) in [7, 11) is 0. The highest BCUT2D eigenvalue weighted by atomic mass is 35.5. The van der Waals surface area contributed by atoms with E-state index in [4.69, 9.17) is 11.6 Å². The van der Waals surface area contributed by atoms with Gasteiger partial charge in [0.1, 0.15) is 0 Å². The average molecular weight is 332 g/mol. The first-order chi connectivity index (χ1) is 9.83. The Bertz CT molecular complexity index is 611. The molecule has 6 heteroatoms. The van der Waals surface area contributed by atoms with Gasteiger partial charge in [-0.2, -0.15) is 13.2 Å². The zero-order valence-electron chi connectivity index (χ0n) is 11.2. The first-order valence-corrected chi connectivity index (χ1v) is 7.38. The summed E-state index contributed by atoms with van der Waals surface area (Å²) in [6, 6.07) is 11.9. The minimum absolute atomic E-state index is 0.110. The summed E-state index contributed by atoms with van der Waals surface area (Å²) >= 11 is 5.92. The van der Waals surface area contributed by atoms with Crippen molar-refractivity contribution in [2.45, 2.75) is 23.9 Å². The van der Waals surface area contributed by atoms with E-state index in [0.717, 1.165) is 16.8 Å². The molecule has 0 unspecified atom stereocenters. The van der Waals surface area contributed by atoms with Gasteiger partial charge in [-0.25, -0.2) is 0 Å². The molecule has 1 N–H and O–H groups in total. The van der Waals surface area contributed by atoms with Gasteiger partial charge in [0, 0.05) is 22.2 Å². The smallest absolute Gasteiger partial charge is 0.381 e. The third kappa shape index (κ3) is 5.17. The van der Waals surface area contributed by atoms with Gasteiger partial charge in [0.05, 0.1) is 0 Å². The summed E-state index contributed by atoms with van der Waals surface area (Å²) in [5, 5.41) is 3.86. The monoisotopic (exact) mass is 331 g/mol. The van der Waals surface area contributed by atoms with Crippen molar-refractivity contribution in [1.82, 2.24) is 0 Å². The van der Waals surface area contributed by atoms with Crippen LogP contribution in [0.3, 0.4) is 0 Å². The normalized spacial score (nSPS) is 11.5. The summed E-state index contributed by atoms with van der Waals surface area (Å²) in [5.74, 6) is 0. The summed E-state index contributed by atoms with van der Waals surface area (Å²) in [6.07, 6.45) is 0. The van der Waals surface area contributed by atoms with Gasteiger partial charge in [-0.15, -0.1) is 0 Å². The van der Waals surface area contributed by atoms with Crippen LogP contribution in [0.4, 0.5) is 18.9 Å². The topological polar surface area (TPSA) is 12.0 Å². The Morgan fingerprint density at radius 3 is 2.33 bits per heavy atom. The predicted molar refractivity (Wildman–Crippen MR) is 81.9 cm³/mol. The van der Waals surface area contributed by atoms with Gasteiger partial charge in [0.25, 0.3) is 0 Å². The fourth-order valence-electron chi connectivity index (χ4n) is 1.72. The molecule has 1 nitrogen and oxygen atoms in total. The zero-order valence-corrected chi connectivity index (χ0v) is 12.7. The van der Waals surface area contributed by atoms with Crippen LogP contribution in [0.15, 0.2) is 47.4 Å². The number of anilines is 1. The minimum Gasteiger partial charge on any atom is -0.381 e. The minimum atomic E-state index is -4.25. The highest BCUT2D eigenvalue weighted by Gasteiger charge is 2.28. The second kappa shape index (κ2) is 6.62. The lowest BCUT2D eigenvalue weighted by atomic mass is 10.2. The van der Waals surface area contributed by atoms with Crippen molar-refractivity contribution in [3.63, 3.8) is 0 Å². The summed E-state index contributed by atoms with van der Waals surface area (Å²) in [6.45, 7) is 2.44. The molecule has 0 radical (unpaired) electrons. The van der Waals surface area contributed by atoms with Crippen molar-refractivity contribution in [2.24, 2.45) is 0 Å². The molecule has 0 aliphatic rings. The van der Waals surface area contributed by atoms with Crippen molar-refractivity contribution < 1.29 is 13.2 Å². The first kappa shape index (κ1) is 16.0.